The largest absolute Gasteiger partial charge is 0.300 e. The van der Waals surface area contributed by atoms with Gasteiger partial charge in [0, 0.05) is 9.16 Å². The molecule has 1 unspecified atom stereocenters. The van der Waals surface area contributed by atoms with Crippen LogP contribution in [-0.2, 0) is 4.79 Å². The van der Waals surface area contributed by atoms with Crippen molar-refractivity contribution in [1.29, 1.82) is 0 Å². The third kappa shape index (κ3) is 5.67. The Kier molecular flexibility index (Phi) is 2.00. The molecule has 1 atom stereocenters. The smallest absolute Gasteiger partial charge is 0.129 e. The molecule has 1 heteroatoms. The first-order chi connectivity index (χ1) is 4.16. The molecular formula is C6H12O. The van der Waals surface area contributed by atoms with Crippen LogP contribution in [0, 0.1) is 0 Å². The summed E-state index contributed by atoms with van der Waals surface area (Å²) in [4.78, 5) is 10.3. The van der Waals surface area contributed by atoms with Gasteiger partial charge in [-0.05, 0) is 13.3 Å². The van der Waals surface area contributed by atoms with Crippen LogP contribution in [0.5, 0.6) is 0 Å². The number of hydrogen-bond donors (Lipinski definition) is 0. The minimum absolute atomic E-state index is 0.104. The maximum absolute atomic E-state index is 10.3. The van der Waals surface area contributed by atoms with Crippen molar-refractivity contribution < 1.29 is 7.54 Å². The number of Topliss-reactive ketones (excluding diaryl/α,β-unsaturated/α-hetero) is 1. The molecule has 42 valence electrons. The van der Waals surface area contributed by atoms with Crippen LogP contribution in [0.25, 0.3) is 0 Å². The first kappa shape index (κ1) is 3.65. The first-order valence-electron chi connectivity index (χ1n) is 3.66. The maximum atomic E-state index is 10.3. The molecule has 0 amide bonds. The molecule has 0 heterocycles. The molecule has 0 aliphatic carbocycles. The van der Waals surface area contributed by atoms with E-state index in [9.17, 15) is 4.79 Å². The third-order valence-electron chi connectivity index (χ3n) is 0.701. The molecule has 0 aromatic rings. The van der Waals surface area contributed by atoms with Gasteiger partial charge in [-0.15, -0.1) is 0 Å². The third-order valence-corrected chi connectivity index (χ3v) is 0.701. The summed E-state index contributed by atoms with van der Waals surface area (Å²) in [6.07, 6.45) is 0.625. The van der Waals surface area contributed by atoms with Crippen molar-refractivity contribution in [1.82, 2.24) is 0 Å². The molecule has 0 fully saturated rings. The average molecular weight is 102 g/mol. The van der Waals surface area contributed by atoms with Gasteiger partial charge < -0.3 is 4.79 Å². The van der Waals surface area contributed by atoms with Gasteiger partial charge in [-0.1, -0.05) is 13.3 Å². The van der Waals surface area contributed by atoms with Crippen LogP contribution in [0.3, 0.4) is 0 Å². The monoisotopic (exact) mass is 102 g/mol. The lowest BCUT2D eigenvalue weighted by molar-refractivity contribution is -0.117. The van der Waals surface area contributed by atoms with Crippen molar-refractivity contribution in [2.24, 2.45) is 0 Å². The van der Waals surface area contributed by atoms with Gasteiger partial charge in [0.15, 0.2) is 0 Å². The molecule has 0 aromatic heterocycles. The fourth-order valence-electron chi connectivity index (χ4n) is 0.305. The number of rotatable bonds is 3. The van der Waals surface area contributed by atoms with Crippen molar-refractivity contribution >= 4 is 5.78 Å². The summed E-state index contributed by atoms with van der Waals surface area (Å²) in [7, 11) is 0. The SMILES string of the molecule is [2H]CC([2H])CCC(C)=O. The Morgan fingerprint density at radius 2 is 2.71 bits per heavy atom. The average Bonchev–Trinajstić information content (AvgIpc) is 1.83. The molecule has 0 radical (unpaired) electrons. The van der Waals surface area contributed by atoms with Gasteiger partial charge in [-0.25, -0.2) is 0 Å². The van der Waals surface area contributed by atoms with E-state index in [0.717, 1.165) is 0 Å². The van der Waals surface area contributed by atoms with E-state index < -0.39 is 0 Å². The Hall–Kier alpha value is -0.330. The zero-order chi connectivity index (χ0) is 7.28. The van der Waals surface area contributed by atoms with E-state index in [1.807, 2.05) is 0 Å². The molecule has 0 N–H and O–H groups in total. The van der Waals surface area contributed by atoms with Gasteiger partial charge in [0.25, 0.3) is 0 Å². The van der Waals surface area contributed by atoms with Gasteiger partial charge in [0.05, 0.1) is 0 Å². The second-order valence-electron chi connectivity index (χ2n) is 1.53. The molecule has 0 aliphatic heterocycles. The highest BCUT2D eigenvalue weighted by Gasteiger charge is 1.87. The van der Waals surface area contributed by atoms with Crippen molar-refractivity contribution in [3.8, 4) is 0 Å². The summed E-state index contributed by atoms with van der Waals surface area (Å²) in [5.41, 5.74) is 0. The van der Waals surface area contributed by atoms with Crippen LogP contribution >= 0.6 is 0 Å². The topological polar surface area (TPSA) is 17.1 Å². The number of ketones is 1. The minimum atomic E-state index is -0.367. The Labute approximate surface area is 47.5 Å². The zero-order valence-electron chi connectivity index (χ0n) is 6.61. The fraction of sp³-hybridized carbons (Fsp3) is 0.833. The van der Waals surface area contributed by atoms with Gasteiger partial charge in [-0.2, -0.15) is 0 Å². The Morgan fingerprint density at radius 1 is 2.00 bits per heavy atom. The van der Waals surface area contributed by atoms with E-state index in [0.29, 0.717) is 12.8 Å². The lowest BCUT2D eigenvalue weighted by atomic mass is 10.2. The summed E-state index contributed by atoms with van der Waals surface area (Å²) in [5, 5.41) is 0. The number of hydrogen-bond acceptors (Lipinski definition) is 1. The standard InChI is InChI=1S/C6H12O/c1-3-4-5-6(2)7/h3-5H2,1-2H3/i1D,3D. The molecule has 0 bridgehead atoms. The molecule has 0 aliphatic rings. The normalized spacial score (nSPS) is 17.3. The maximum Gasteiger partial charge on any atom is 0.129 e. The van der Waals surface area contributed by atoms with E-state index in [-0.39, 0.29) is 19.1 Å². The van der Waals surface area contributed by atoms with Crippen LogP contribution in [-0.4, -0.2) is 5.78 Å². The van der Waals surface area contributed by atoms with Gasteiger partial charge in [0.1, 0.15) is 5.78 Å². The molecule has 0 rings (SSSR count). The van der Waals surface area contributed by atoms with Crippen LogP contribution in [0.15, 0.2) is 0 Å². The molecule has 0 saturated carbocycles. The molecule has 7 heavy (non-hydrogen) atoms. The molecule has 0 aromatic carbocycles. The highest BCUT2D eigenvalue weighted by molar-refractivity contribution is 5.75. The lowest BCUT2D eigenvalue weighted by Crippen LogP contribution is -1.86. The van der Waals surface area contributed by atoms with Crippen molar-refractivity contribution in [3.63, 3.8) is 0 Å². The first-order valence-corrected chi connectivity index (χ1v) is 2.37. The van der Waals surface area contributed by atoms with Gasteiger partial charge in [-0.3, -0.25) is 0 Å². The van der Waals surface area contributed by atoms with Crippen LogP contribution < -0.4 is 0 Å². The van der Waals surface area contributed by atoms with Gasteiger partial charge >= 0.3 is 0 Å². The Morgan fingerprint density at radius 3 is 3.14 bits per heavy atom. The van der Waals surface area contributed by atoms with Crippen LogP contribution in [0.2, 0.25) is 0 Å². The fourth-order valence-corrected chi connectivity index (χ4v) is 0.305. The number of carbonyl (C=O) groups excluding carboxylic acids is 1. The summed E-state index contributed by atoms with van der Waals surface area (Å²) in [6.45, 7) is 1.62. The van der Waals surface area contributed by atoms with E-state index >= 15 is 0 Å². The van der Waals surface area contributed by atoms with E-state index in [4.69, 9.17) is 2.74 Å². The van der Waals surface area contributed by atoms with E-state index in [1.165, 1.54) is 6.92 Å². The Bertz CT molecular complexity index is 93.1. The van der Waals surface area contributed by atoms with Crippen LogP contribution in [0.1, 0.15) is 35.8 Å². The van der Waals surface area contributed by atoms with Gasteiger partial charge in [0.2, 0.25) is 0 Å². The quantitative estimate of drug-likeness (QED) is 0.530. The summed E-state index contributed by atoms with van der Waals surface area (Å²) in [5.74, 6) is 0.112. The highest BCUT2D eigenvalue weighted by atomic mass is 16.1. The summed E-state index contributed by atoms with van der Waals surface area (Å²) in [6, 6.07) is 0. The Balaban J connectivity index is 3.16. The highest BCUT2D eigenvalue weighted by Crippen LogP contribution is 1.92. The van der Waals surface area contributed by atoms with E-state index in [2.05, 4.69) is 0 Å². The molecule has 0 spiro atoms. The second kappa shape index (κ2) is 3.85. The summed E-state index contributed by atoms with van der Waals surface area (Å²) < 4.78 is 13.8. The predicted molar refractivity (Wildman–Crippen MR) is 30.2 cm³/mol. The molecule has 0 saturated heterocycles. The summed E-state index contributed by atoms with van der Waals surface area (Å²) >= 11 is 0. The predicted octanol–water partition coefficient (Wildman–Crippen LogP) is 1.77. The van der Waals surface area contributed by atoms with E-state index in [1.54, 1.807) is 0 Å². The van der Waals surface area contributed by atoms with Crippen molar-refractivity contribution in [2.45, 2.75) is 33.1 Å². The van der Waals surface area contributed by atoms with Crippen molar-refractivity contribution in [2.75, 3.05) is 0 Å². The lowest BCUT2D eigenvalue weighted by Gasteiger charge is -1.86. The van der Waals surface area contributed by atoms with Crippen molar-refractivity contribution in [3.05, 3.63) is 0 Å². The molecule has 1 nitrogen and oxygen atoms in total. The number of carbonyl (C=O) groups is 1. The second-order valence-corrected chi connectivity index (χ2v) is 1.53. The van der Waals surface area contributed by atoms with Crippen LogP contribution in [0.4, 0.5) is 0 Å². The zero-order valence-corrected chi connectivity index (χ0v) is 4.61. The molecular weight excluding hydrogens is 88.1 g/mol. The minimum Gasteiger partial charge on any atom is -0.300 e.